The molecule has 0 aliphatic carbocycles. The van der Waals surface area contributed by atoms with Gasteiger partial charge < -0.3 is 0 Å². The number of aromatic nitrogens is 2. The van der Waals surface area contributed by atoms with Crippen LogP contribution in [0.2, 0.25) is 10.0 Å². The molecule has 0 aliphatic heterocycles. The van der Waals surface area contributed by atoms with E-state index < -0.39 is 0 Å². The second-order valence-corrected chi connectivity index (χ2v) is 5.12. The molecule has 1 unspecified atom stereocenters. The molecule has 0 amide bonds. The highest BCUT2D eigenvalue weighted by molar-refractivity contribution is 6.42. The van der Waals surface area contributed by atoms with Crippen LogP contribution in [0, 0.1) is 0 Å². The van der Waals surface area contributed by atoms with Gasteiger partial charge in [0.15, 0.2) is 0 Å². The summed E-state index contributed by atoms with van der Waals surface area (Å²) in [5.41, 5.74) is 4.73. The van der Waals surface area contributed by atoms with Crippen molar-refractivity contribution in [3.63, 3.8) is 0 Å². The minimum Gasteiger partial charge on any atom is -0.272 e. The number of hydrogen-bond acceptors (Lipinski definition) is 3. The topological polar surface area (TPSA) is 55.9 Å². The summed E-state index contributed by atoms with van der Waals surface area (Å²) in [4.78, 5) is 0. The molecule has 2 rings (SSSR count). The summed E-state index contributed by atoms with van der Waals surface area (Å²) in [5, 5.41) is 5.35. The van der Waals surface area contributed by atoms with Gasteiger partial charge in [-0.3, -0.25) is 10.5 Å². The molecular weight excluding hydrogens is 283 g/mol. The van der Waals surface area contributed by atoms with E-state index in [1.165, 1.54) is 0 Å². The molecule has 102 valence electrons. The van der Waals surface area contributed by atoms with E-state index in [4.69, 9.17) is 29.0 Å². The zero-order chi connectivity index (χ0) is 13.8. The van der Waals surface area contributed by atoms with Crippen LogP contribution >= 0.6 is 23.2 Å². The third-order valence-electron chi connectivity index (χ3n) is 2.88. The molecule has 1 atom stereocenters. The molecule has 0 bridgehead atoms. The van der Waals surface area contributed by atoms with Gasteiger partial charge in [-0.1, -0.05) is 36.2 Å². The summed E-state index contributed by atoms with van der Waals surface area (Å²) in [6, 6.07) is 5.32. The average molecular weight is 299 g/mol. The Kier molecular flexibility index (Phi) is 4.82. The van der Waals surface area contributed by atoms with Crippen molar-refractivity contribution in [3.05, 3.63) is 51.8 Å². The Morgan fingerprint density at radius 2 is 2.11 bits per heavy atom. The highest BCUT2D eigenvalue weighted by Crippen LogP contribution is 2.28. The SMILES string of the molecule is CCCn1cc(C(NN)c2ccc(Cl)c(Cl)c2)cn1. The normalized spacial score (nSPS) is 12.6. The zero-order valence-corrected chi connectivity index (χ0v) is 12.1. The van der Waals surface area contributed by atoms with Gasteiger partial charge in [-0.2, -0.15) is 5.10 Å². The van der Waals surface area contributed by atoms with Crippen molar-refractivity contribution in [2.24, 2.45) is 5.84 Å². The monoisotopic (exact) mass is 298 g/mol. The molecule has 0 saturated carbocycles. The molecule has 19 heavy (non-hydrogen) atoms. The summed E-state index contributed by atoms with van der Waals surface area (Å²) in [7, 11) is 0. The minimum absolute atomic E-state index is 0.152. The summed E-state index contributed by atoms with van der Waals surface area (Å²) in [5.74, 6) is 5.65. The first-order valence-corrected chi connectivity index (χ1v) is 6.84. The fourth-order valence-electron chi connectivity index (χ4n) is 1.96. The van der Waals surface area contributed by atoms with Crippen LogP contribution in [0.15, 0.2) is 30.6 Å². The van der Waals surface area contributed by atoms with Crippen LogP contribution in [0.1, 0.15) is 30.5 Å². The van der Waals surface area contributed by atoms with E-state index in [0.29, 0.717) is 10.0 Å². The number of benzene rings is 1. The zero-order valence-electron chi connectivity index (χ0n) is 10.6. The van der Waals surface area contributed by atoms with Gasteiger partial charge >= 0.3 is 0 Å². The third-order valence-corrected chi connectivity index (χ3v) is 3.62. The fourth-order valence-corrected chi connectivity index (χ4v) is 2.26. The molecule has 2 aromatic rings. The minimum atomic E-state index is -0.152. The molecule has 0 spiro atoms. The van der Waals surface area contributed by atoms with Crippen molar-refractivity contribution in [1.29, 1.82) is 0 Å². The quantitative estimate of drug-likeness (QED) is 0.658. The number of rotatable bonds is 5. The van der Waals surface area contributed by atoms with Crippen molar-refractivity contribution in [3.8, 4) is 0 Å². The number of halogens is 2. The summed E-state index contributed by atoms with van der Waals surface area (Å²) in [6.45, 7) is 3.00. The highest BCUT2D eigenvalue weighted by Gasteiger charge is 2.15. The van der Waals surface area contributed by atoms with E-state index in [2.05, 4.69) is 17.4 Å². The van der Waals surface area contributed by atoms with Crippen molar-refractivity contribution >= 4 is 23.2 Å². The summed E-state index contributed by atoms with van der Waals surface area (Å²) < 4.78 is 1.90. The Balaban J connectivity index is 2.29. The first-order chi connectivity index (χ1) is 9.15. The van der Waals surface area contributed by atoms with Crippen LogP contribution in [0.3, 0.4) is 0 Å². The second-order valence-electron chi connectivity index (χ2n) is 4.31. The predicted molar refractivity (Wildman–Crippen MR) is 78.1 cm³/mol. The number of hydrazine groups is 1. The lowest BCUT2D eigenvalue weighted by Gasteiger charge is -2.15. The molecule has 0 fully saturated rings. The van der Waals surface area contributed by atoms with Gasteiger partial charge in [0, 0.05) is 18.3 Å². The molecule has 0 saturated heterocycles. The lowest BCUT2D eigenvalue weighted by molar-refractivity contribution is 0.598. The van der Waals surface area contributed by atoms with Crippen molar-refractivity contribution in [2.45, 2.75) is 25.9 Å². The maximum atomic E-state index is 6.04. The number of hydrogen-bond donors (Lipinski definition) is 2. The number of nitrogens with zero attached hydrogens (tertiary/aromatic N) is 2. The van der Waals surface area contributed by atoms with Gasteiger partial charge in [0.05, 0.1) is 22.3 Å². The molecule has 1 heterocycles. The maximum absolute atomic E-state index is 6.04. The van der Waals surface area contributed by atoms with Gasteiger partial charge in [0.2, 0.25) is 0 Å². The smallest absolute Gasteiger partial charge is 0.0741 e. The number of nitrogens with two attached hydrogens (primary N) is 1. The largest absolute Gasteiger partial charge is 0.272 e. The fraction of sp³-hybridized carbons (Fsp3) is 0.308. The van der Waals surface area contributed by atoms with Crippen LogP contribution in [0.25, 0.3) is 0 Å². The van der Waals surface area contributed by atoms with E-state index in [1.54, 1.807) is 6.07 Å². The molecule has 4 nitrogen and oxygen atoms in total. The van der Waals surface area contributed by atoms with Gasteiger partial charge in [-0.25, -0.2) is 5.43 Å². The molecule has 0 aliphatic rings. The Hall–Kier alpha value is -1.07. The molecular formula is C13H16Cl2N4. The molecule has 3 N–H and O–H groups in total. The standard InChI is InChI=1S/C13H16Cl2N4/c1-2-5-19-8-10(7-17-19)13(18-16)9-3-4-11(14)12(15)6-9/h3-4,6-8,13,18H,2,5,16H2,1H3. The maximum Gasteiger partial charge on any atom is 0.0741 e. The van der Waals surface area contributed by atoms with E-state index in [-0.39, 0.29) is 6.04 Å². The van der Waals surface area contributed by atoms with Crippen LogP contribution in [0.4, 0.5) is 0 Å². The van der Waals surface area contributed by atoms with E-state index in [1.807, 2.05) is 29.2 Å². The van der Waals surface area contributed by atoms with Crippen LogP contribution in [0.5, 0.6) is 0 Å². The first-order valence-electron chi connectivity index (χ1n) is 6.09. The first kappa shape index (κ1) is 14.3. The Morgan fingerprint density at radius 1 is 1.32 bits per heavy atom. The lowest BCUT2D eigenvalue weighted by Crippen LogP contribution is -2.28. The lowest BCUT2D eigenvalue weighted by atomic mass is 10.0. The van der Waals surface area contributed by atoms with Crippen LogP contribution in [-0.2, 0) is 6.54 Å². The number of nitrogens with one attached hydrogen (secondary N) is 1. The Bertz CT molecular complexity index is 553. The van der Waals surface area contributed by atoms with Gasteiger partial charge in [-0.05, 0) is 24.1 Å². The molecule has 1 aromatic carbocycles. The molecule has 6 heteroatoms. The summed E-state index contributed by atoms with van der Waals surface area (Å²) >= 11 is 12.0. The Morgan fingerprint density at radius 3 is 2.74 bits per heavy atom. The van der Waals surface area contributed by atoms with Crippen molar-refractivity contribution in [1.82, 2.24) is 15.2 Å². The van der Waals surface area contributed by atoms with Gasteiger partial charge in [0.25, 0.3) is 0 Å². The highest BCUT2D eigenvalue weighted by atomic mass is 35.5. The van der Waals surface area contributed by atoms with Crippen molar-refractivity contribution < 1.29 is 0 Å². The predicted octanol–water partition coefficient (Wildman–Crippen LogP) is 3.15. The average Bonchev–Trinajstić information content (AvgIpc) is 2.83. The van der Waals surface area contributed by atoms with Crippen molar-refractivity contribution in [2.75, 3.05) is 0 Å². The summed E-state index contributed by atoms with van der Waals surface area (Å²) in [6.07, 6.45) is 4.83. The Labute approximate surface area is 122 Å². The molecule has 1 aromatic heterocycles. The number of aryl methyl sites for hydroxylation is 1. The second kappa shape index (κ2) is 6.39. The van der Waals surface area contributed by atoms with Gasteiger partial charge in [0.1, 0.15) is 0 Å². The van der Waals surface area contributed by atoms with Crippen LogP contribution < -0.4 is 11.3 Å². The third kappa shape index (κ3) is 3.28. The molecule has 0 radical (unpaired) electrons. The van der Waals surface area contributed by atoms with E-state index >= 15 is 0 Å². The van der Waals surface area contributed by atoms with E-state index in [0.717, 1.165) is 24.1 Å². The van der Waals surface area contributed by atoms with Gasteiger partial charge in [-0.15, -0.1) is 0 Å². The van der Waals surface area contributed by atoms with E-state index in [9.17, 15) is 0 Å². The van der Waals surface area contributed by atoms with Crippen LogP contribution in [-0.4, -0.2) is 9.78 Å².